The van der Waals surface area contributed by atoms with E-state index in [0.717, 1.165) is 0 Å². The molecule has 0 amide bonds. The third kappa shape index (κ3) is 5.93. The van der Waals surface area contributed by atoms with Gasteiger partial charge in [0.25, 0.3) is 0 Å². The van der Waals surface area contributed by atoms with E-state index in [0.29, 0.717) is 10.2 Å². The fourth-order valence-corrected chi connectivity index (χ4v) is 4.25. The molecule has 66 valence electrons. The van der Waals surface area contributed by atoms with Gasteiger partial charge in [-0.3, -0.25) is 0 Å². The van der Waals surface area contributed by atoms with Gasteiger partial charge in [-0.05, 0) is 0 Å². The van der Waals surface area contributed by atoms with Crippen LogP contribution in [0.5, 0.6) is 0 Å². The monoisotopic (exact) mass is 266 g/mol. The number of methoxy groups -OCH3 is 2. The number of hydrogen-bond donors (Lipinski definition) is 0. The Balaban J connectivity index is 3.34. The second-order valence-corrected chi connectivity index (χ2v) is 6.76. The Bertz CT molecular complexity index is 84.2. The molecule has 0 aliphatic carbocycles. The normalized spacial score (nSPS) is 16.4. The fraction of sp³-hybridized carbons (Fsp3) is 1.00. The van der Waals surface area contributed by atoms with Crippen molar-refractivity contribution in [1.29, 1.82) is 0 Å². The Hall–Kier alpha value is 0.719. The van der Waals surface area contributed by atoms with Gasteiger partial charge in [-0.15, -0.1) is 0 Å². The van der Waals surface area contributed by atoms with E-state index in [2.05, 4.69) is 13.8 Å². The van der Waals surface area contributed by atoms with Crippen LogP contribution in [-0.4, -0.2) is 45.6 Å². The van der Waals surface area contributed by atoms with Crippen molar-refractivity contribution >= 4 is 21.1 Å². The summed E-state index contributed by atoms with van der Waals surface area (Å²) in [6.45, 7) is 4.32. The molecule has 0 spiro atoms. The van der Waals surface area contributed by atoms with E-state index < -0.39 is 0 Å². The van der Waals surface area contributed by atoms with Gasteiger partial charge in [0, 0.05) is 0 Å². The Morgan fingerprint density at radius 2 is 1.91 bits per heavy atom. The molecule has 3 heteroatoms. The third-order valence-corrected chi connectivity index (χ3v) is 7.14. The molecule has 0 heterocycles. The summed E-state index contributed by atoms with van der Waals surface area (Å²) in [6.07, 6.45) is 1.60. The summed E-state index contributed by atoms with van der Waals surface area (Å²) in [6, 6.07) is 0. The molecule has 0 aromatic heterocycles. The predicted octanol–water partition coefficient (Wildman–Crippen LogP) is 1.53. The van der Waals surface area contributed by atoms with Gasteiger partial charge in [0.15, 0.2) is 0 Å². The van der Waals surface area contributed by atoms with Gasteiger partial charge < -0.3 is 0 Å². The molecule has 0 fully saturated rings. The minimum atomic E-state index is -0.345. The zero-order valence-corrected chi connectivity index (χ0v) is 10.7. The summed E-state index contributed by atoms with van der Waals surface area (Å²) < 4.78 is 12.3. The quantitative estimate of drug-likeness (QED) is 0.678. The summed E-state index contributed by atoms with van der Waals surface area (Å²) in [5, 5.41) is 0. The van der Waals surface area contributed by atoms with Gasteiger partial charge in [-0.2, -0.15) is 0 Å². The van der Waals surface area contributed by atoms with Crippen molar-refractivity contribution in [2.45, 2.75) is 34.9 Å². The Kier molecular flexibility index (Phi) is 7.85. The molecule has 0 bridgehead atoms. The van der Waals surface area contributed by atoms with Crippen LogP contribution in [0.4, 0.5) is 0 Å². The summed E-state index contributed by atoms with van der Waals surface area (Å²) in [5.74, 6) is 0. The summed E-state index contributed by atoms with van der Waals surface area (Å²) >= 11 is -0.345. The summed E-state index contributed by atoms with van der Waals surface area (Å²) in [4.78, 5) is 0. The third-order valence-electron chi connectivity index (χ3n) is 1.69. The summed E-state index contributed by atoms with van der Waals surface area (Å²) in [5.41, 5.74) is 0. The molecule has 0 saturated heterocycles. The van der Waals surface area contributed by atoms with Gasteiger partial charge in [0.2, 0.25) is 0 Å². The molecule has 0 aliphatic rings. The topological polar surface area (TPSA) is 18.5 Å². The second-order valence-electron chi connectivity index (χ2n) is 2.59. The van der Waals surface area contributed by atoms with Crippen molar-refractivity contribution in [3.05, 3.63) is 0 Å². The van der Waals surface area contributed by atoms with Crippen LogP contribution in [-0.2, 0) is 9.47 Å². The van der Waals surface area contributed by atoms with Crippen LogP contribution in [0.2, 0.25) is 4.44 Å². The zero-order valence-electron chi connectivity index (χ0n) is 7.89. The first-order valence-electron chi connectivity index (χ1n) is 4.03. The molecular formula is C8H18O2Sn. The molecule has 0 N–H and O–H groups in total. The standard InChI is InChI=1S/2C4H9O.Sn/c1-4(2)5-3;1-3-4-5-2;/h4H,1H2,2-3H3;4H,3H2,1-2H3;. The van der Waals surface area contributed by atoms with Crippen molar-refractivity contribution < 1.29 is 9.47 Å². The van der Waals surface area contributed by atoms with E-state index in [-0.39, 0.29) is 21.1 Å². The van der Waals surface area contributed by atoms with Gasteiger partial charge in [0.1, 0.15) is 0 Å². The Labute approximate surface area is 79.9 Å². The second kappa shape index (κ2) is 7.37. The van der Waals surface area contributed by atoms with E-state index in [9.17, 15) is 0 Å². The average Bonchev–Trinajstić information content (AvgIpc) is 2.06. The Morgan fingerprint density at radius 3 is 2.27 bits per heavy atom. The van der Waals surface area contributed by atoms with Crippen LogP contribution < -0.4 is 0 Å². The van der Waals surface area contributed by atoms with Gasteiger partial charge >= 0.3 is 79.8 Å². The molecule has 2 unspecified atom stereocenters. The van der Waals surface area contributed by atoms with E-state index in [4.69, 9.17) is 9.47 Å². The first kappa shape index (κ1) is 11.7. The van der Waals surface area contributed by atoms with E-state index in [1.807, 2.05) is 7.11 Å². The van der Waals surface area contributed by atoms with Crippen LogP contribution in [0.15, 0.2) is 0 Å². The van der Waals surface area contributed by atoms with Crippen LogP contribution in [0.3, 0.4) is 0 Å². The fourth-order valence-electron chi connectivity index (χ4n) is 0.775. The van der Waals surface area contributed by atoms with Crippen LogP contribution in [0, 0.1) is 0 Å². The SMILES string of the molecule is CC[CH](OC)[Sn][CH2]C(C)OC. The van der Waals surface area contributed by atoms with E-state index in [1.165, 1.54) is 10.9 Å². The number of rotatable bonds is 6. The molecule has 0 aromatic rings. The molecule has 2 radical (unpaired) electrons. The van der Waals surface area contributed by atoms with E-state index >= 15 is 0 Å². The molecule has 11 heavy (non-hydrogen) atoms. The average molecular weight is 265 g/mol. The van der Waals surface area contributed by atoms with E-state index in [1.54, 1.807) is 7.11 Å². The van der Waals surface area contributed by atoms with Gasteiger partial charge in [-0.1, -0.05) is 0 Å². The molecule has 0 aromatic carbocycles. The molecular weight excluding hydrogens is 247 g/mol. The van der Waals surface area contributed by atoms with Crippen LogP contribution in [0.1, 0.15) is 20.3 Å². The van der Waals surface area contributed by atoms with Crippen molar-refractivity contribution in [2.75, 3.05) is 14.2 Å². The molecule has 2 atom stereocenters. The maximum atomic E-state index is 5.31. The van der Waals surface area contributed by atoms with Gasteiger partial charge in [0.05, 0.1) is 0 Å². The van der Waals surface area contributed by atoms with Crippen molar-refractivity contribution in [2.24, 2.45) is 0 Å². The van der Waals surface area contributed by atoms with Crippen molar-refractivity contribution in [3.8, 4) is 0 Å². The van der Waals surface area contributed by atoms with Crippen molar-refractivity contribution in [3.63, 3.8) is 0 Å². The van der Waals surface area contributed by atoms with Crippen LogP contribution >= 0.6 is 0 Å². The first-order chi connectivity index (χ1) is 5.24. The molecule has 0 aliphatic heterocycles. The number of hydrogen-bond acceptors (Lipinski definition) is 2. The Morgan fingerprint density at radius 1 is 1.27 bits per heavy atom. The maximum absolute atomic E-state index is 5.31. The van der Waals surface area contributed by atoms with Crippen molar-refractivity contribution in [1.82, 2.24) is 0 Å². The minimum absolute atomic E-state index is 0.345. The molecule has 0 saturated carbocycles. The predicted molar refractivity (Wildman–Crippen MR) is 48.1 cm³/mol. The first-order valence-corrected chi connectivity index (χ1v) is 7.70. The zero-order chi connectivity index (χ0) is 8.69. The molecule has 0 rings (SSSR count). The van der Waals surface area contributed by atoms with Gasteiger partial charge in [-0.25, -0.2) is 0 Å². The van der Waals surface area contributed by atoms with Crippen LogP contribution in [0.25, 0.3) is 0 Å². The molecule has 2 nitrogen and oxygen atoms in total. The summed E-state index contributed by atoms with van der Waals surface area (Å²) in [7, 11) is 3.59. The number of ether oxygens (including phenoxy) is 2.